The predicted molar refractivity (Wildman–Crippen MR) is 214 cm³/mol. The first-order chi connectivity index (χ1) is 26.9. The van der Waals surface area contributed by atoms with Gasteiger partial charge in [0.1, 0.15) is 6.54 Å². The summed E-state index contributed by atoms with van der Waals surface area (Å²) in [6, 6.07) is 27.1. The second kappa shape index (κ2) is 19.8. The van der Waals surface area contributed by atoms with Gasteiger partial charge in [-0.25, -0.2) is 4.79 Å². The van der Waals surface area contributed by atoms with Crippen molar-refractivity contribution in [3.05, 3.63) is 117 Å². The van der Waals surface area contributed by atoms with Crippen molar-refractivity contribution in [3.8, 4) is 29.1 Å². The number of ether oxygens (including phenoxy) is 4. The summed E-state index contributed by atoms with van der Waals surface area (Å²) in [5.74, 6) is 1.84. The number of benzene rings is 4. The van der Waals surface area contributed by atoms with Gasteiger partial charge in [-0.2, -0.15) is 5.26 Å². The lowest BCUT2D eigenvalue weighted by molar-refractivity contribution is -0.384. The van der Waals surface area contributed by atoms with Crippen molar-refractivity contribution in [3.63, 3.8) is 0 Å². The van der Waals surface area contributed by atoms with Crippen molar-refractivity contribution in [2.24, 2.45) is 5.92 Å². The molecule has 0 spiro atoms. The predicted octanol–water partition coefficient (Wildman–Crippen LogP) is 7.23. The number of anilines is 1. The van der Waals surface area contributed by atoms with E-state index in [4.69, 9.17) is 23.4 Å². The maximum absolute atomic E-state index is 12.0. The summed E-state index contributed by atoms with van der Waals surface area (Å²) >= 11 is 0. The van der Waals surface area contributed by atoms with Gasteiger partial charge in [-0.3, -0.25) is 19.5 Å². The van der Waals surface area contributed by atoms with Crippen molar-refractivity contribution in [2.75, 3.05) is 53.9 Å². The van der Waals surface area contributed by atoms with Crippen LogP contribution in [0.2, 0.25) is 0 Å². The van der Waals surface area contributed by atoms with E-state index in [9.17, 15) is 25.0 Å². The van der Waals surface area contributed by atoms with E-state index in [-0.39, 0.29) is 23.7 Å². The molecule has 0 radical (unpaired) electrons. The molecule has 4 aromatic carbocycles. The van der Waals surface area contributed by atoms with E-state index in [1.165, 1.54) is 17.7 Å². The molecule has 0 aliphatic heterocycles. The smallest absolute Gasteiger partial charge is 0.420 e. The van der Waals surface area contributed by atoms with Gasteiger partial charge in [0.05, 0.1) is 56.4 Å². The lowest BCUT2D eigenvalue weighted by Crippen LogP contribution is -2.32. The largest absolute Gasteiger partial charge is 0.493 e. The summed E-state index contributed by atoms with van der Waals surface area (Å²) in [6.45, 7) is 5.81. The summed E-state index contributed by atoms with van der Waals surface area (Å²) in [6.07, 6.45) is 2.61. The molecular weight excluding hydrogens is 718 g/mol. The maximum Gasteiger partial charge on any atom is 0.420 e. The average Bonchev–Trinajstić information content (AvgIpc) is 3.51. The lowest BCUT2D eigenvalue weighted by Gasteiger charge is -2.32. The highest BCUT2D eigenvalue weighted by atomic mass is 16.6. The van der Waals surface area contributed by atoms with E-state index < -0.39 is 22.0 Å². The zero-order valence-electron chi connectivity index (χ0n) is 32.9. The Morgan fingerprint density at radius 2 is 1.55 bits per heavy atom. The zero-order chi connectivity index (χ0) is 40.8. The van der Waals surface area contributed by atoms with Crippen LogP contribution in [0.15, 0.2) is 94.1 Å². The van der Waals surface area contributed by atoms with E-state index in [0.717, 1.165) is 60.0 Å². The number of amides is 1. The van der Waals surface area contributed by atoms with E-state index in [2.05, 4.69) is 43.2 Å². The third-order valence-corrected chi connectivity index (χ3v) is 9.65. The third kappa shape index (κ3) is 10.5. The molecular formula is C42H49N5O9. The van der Waals surface area contributed by atoms with Crippen LogP contribution in [0.25, 0.3) is 11.1 Å². The molecule has 296 valence electrons. The highest BCUT2D eigenvalue weighted by Crippen LogP contribution is 2.40. The average molecular weight is 768 g/mol. The fourth-order valence-electron chi connectivity index (χ4n) is 6.41. The lowest BCUT2D eigenvalue weighted by atomic mass is 9.69. The zero-order valence-corrected chi connectivity index (χ0v) is 32.9. The van der Waals surface area contributed by atoms with Gasteiger partial charge in [0.2, 0.25) is 5.91 Å². The second-order valence-electron chi connectivity index (χ2n) is 13.4. The highest BCUT2D eigenvalue weighted by Gasteiger charge is 2.36. The van der Waals surface area contributed by atoms with E-state index in [1.54, 1.807) is 52.7 Å². The Balaban J connectivity index is 0.000000264. The molecule has 1 aromatic heterocycles. The van der Waals surface area contributed by atoms with Gasteiger partial charge >= 0.3 is 5.76 Å². The number of para-hydroxylation sites is 1. The number of carbonyl (C=O) groups is 1. The van der Waals surface area contributed by atoms with Crippen molar-refractivity contribution < 1.29 is 33.1 Å². The van der Waals surface area contributed by atoms with Gasteiger partial charge < -0.3 is 33.6 Å². The van der Waals surface area contributed by atoms with Crippen LogP contribution in [-0.2, 0) is 23.2 Å². The van der Waals surface area contributed by atoms with Gasteiger partial charge in [-0.15, -0.1) is 0 Å². The molecule has 0 aliphatic carbocycles. The normalized spacial score (nSPS) is 11.9. The molecule has 0 aliphatic rings. The second-order valence-corrected chi connectivity index (χ2v) is 13.4. The number of hydrogen-bond donors (Lipinski definition) is 1. The number of oxazole rings is 1. The molecule has 1 heterocycles. The number of nitro groups is 1. The Labute approximate surface area is 326 Å². The Hall–Kier alpha value is -6.33. The number of aromatic nitrogens is 1. The van der Waals surface area contributed by atoms with Gasteiger partial charge in [-0.05, 0) is 92.4 Å². The fourth-order valence-corrected chi connectivity index (χ4v) is 6.41. The minimum atomic E-state index is -0.747. The van der Waals surface area contributed by atoms with Crippen molar-refractivity contribution >= 4 is 28.4 Å². The number of methoxy groups -OCH3 is 4. The van der Waals surface area contributed by atoms with Crippen LogP contribution in [0.5, 0.6) is 23.0 Å². The molecule has 1 amide bonds. The number of nitrogens with one attached hydrogen (secondary N) is 1. The quantitative estimate of drug-likeness (QED) is 0.0747. The van der Waals surface area contributed by atoms with Crippen LogP contribution in [-0.4, -0.2) is 68.9 Å². The maximum atomic E-state index is 12.0. The SMILES string of the molecule is COc1ccc(CCN(C)CCCC(C#N)(c2ccc(OC)c(OC)c2)C(C)C)cc1OC.O=C(Cn1c(=O)oc2cc([N+](=O)[O-])ccc21)Nc1ccccc1. The van der Waals surface area contributed by atoms with Crippen molar-refractivity contribution in [2.45, 2.75) is 45.1 Å². The topological polar surface area (TPSA) is 171 Å². The molecule has 5 rings (SSSR count). The first-order valence-corrected chi connectivity index (χ1v) is 18.1. The molecule has 14 nitrogen and oxygen atoms in total. The van der Waals surface area contributed by atoms with E-state index in [1.807, 2.05) is 36.4 Å². The number of likely N-dealkylation sites (N-methyl/N-ethyl adjacent to an activating group) is 1. The van der Waals surface area contributed by atoms with Crippen molar-refractivity contribution in [1.29, 1.82) is 5.26 Å². The fraction of sp³-hybridized carbons (Fsp3) is 0.357. The number of hydrogen-bond acceptors (Lipinski definition) is 11. The molecule has 0 saturated heterocycles. The number of rotatable bonds is 17. The monoisotopic (exact) mass is 767 g/mol. The van der Waals surface area contributed by atoms with Crippen LogP contribution in [0.4, 0.5) is 11.4 Å². The van der Waals surface area contributed by atoms with Crippen LogP contribution in [0, 0.1) is 27.4 Å². The Kier molecular flexibility index (Phi) is 15.0. The summed E-state index contributed by atoms with van der Waals surface area (Å²) in [5.41, 5.74) is 2.41. The van der Waals surface area contributed by atoms with Crippen LogP contribution >= 0.6 is 0 Å². The number of nitrogens with zero attached hydrogens (tertiary/aromatic N) is 4. The number of non-ortho nitro benzene ring substituents is 1. The summed E-state index contributed by atoms with van der Waals surface area (Å²) in [4.78, 5) is 36.3. The van der Waals surface area contributed by atoms with Gasteiger partial charge in [0.15, 0.2) is 28.6 Å². The molecule has 0 saturated carbocycles. The van der Waals surface area contributed by atoms with Gasteiger partial charge in [-0.1, -0.05) is 44.2 Å². The molecule has 14 heteroatoms. The molecule has 1 unspecified atom stereocenters. The van der Waals surface area contributed by atoms with Crippen LogP contribution < -0.4 is 30.0 Å². The van der Waals surface area contributed by atoms with Crippen LogP contribution in [0.1, 0.15) is 37.8 Å². The van der Waals surface area contributed by atoms with Gasteiger partial charge in [0, 0.05) is 18.3 Å². The number of nitriles is 1. The number of carbonyl (C=O) groups excluding carboxylic acids is 1. The number of fused-ring (bicyclic) bond motifs is 1. The first-order valence-electron chi connectivity index (χ1n) is 18.1. The molecule has 1 N–H and O–H groups in total. The van der Waals surface area contributed by atoms with Gasteiger partial charge in [0.25, 0.3) is 5.69 Å². The molecule has 5 aromatic rings. The summed E-state index contributed by atoms with van der Waals surface area (Å²) < 4.78 is 27.7. The number of nitro benzene ring substituents is 1. The molecule has 56 heavy (non-hydrogen) atoms. The van der Waals surface area contributed by atoms with E-state index >= 15 is 0 Å². The minimum Gasteiger partial charge on any atom is -0.493 e. The highest BCUT2D eigenvalue weighted by molar-refractivity contribution is 5.91. The van der Waals surface area contributed by atoms with Crippen molar-refractivity contribution in [1.82, 2.24) is 9.47 Å². The molecule has 0 fully saturated rings. The Morgan fingerprint density at radius 1 is 0.911 bits per heavy atom. The summed E-state index contributed by atoms with van der Waals surface area (Å²) in [5, 5.41) is 23.6. The molecule has 1 atom stereocenters. The standard InChI is InChI=1S/C27H38N2O4.C15H11N3O5/c1-20(2)27(19-28,22-10-12-24(31-5)26(18-22)33-7)14-8-15-29(3)16-13-21-9-11-23(30-4)25(17-21)32-6;19-14(16-10-4-2-1-3-5-10)9-17-12-7-6-11(18(21)22)8-13(12)23-15(17)20/h9-12,17-18,20H,8,13-16H2,1-7H3;1-8H,9H2,(H,16,19). The Bertz CT molecular complexity index is 2190. The molecule has 0 bridgehead atoms. The Morgan fingerprint density at radius 3 is 2.16 bits per heavy atom. The van der Waals surface area contributed by atoms with Crippen LogP contribution in [0.3, 0.4) is 0 Å². The summed E-state index contributed by atoms with van der Waals surface area (Å²) in [7, 11) is 8.67. The minimum absolute atomic E-state index is 0.0664. The van der Waals surface area contributed by atoms with E-state index in [0.29, 0.717) is 22.7 Å². The third-order valence-electron chi connectivity index (χ3n) is 9.65. The first kappa shape index (κ1) is 42.4.